The fourth-order valence-corrected chi connectivity index (χ4v) is 4.32. The fraction of sp³-hybridized carbons (Fsp3) is 0.400. The van der Waals surface area contributed by atoms with E-state index >= 15 is 0 Å². The molecule has 7 nitrogen and oxygen atoms in total. The number of benzene rings is 1. The van der Waals surface area contributed by atoms with Crippen molar-refractivity contribution < 1.29 is 18.4 Å². The van der Waals surface area contributed by atoms with Crippen molar-refractivity contribution in [1.82, 2.24) is 4.31 Å². The zero-order chi connectivity index (χ0) is 15.1. The third-order valence-electron chi connectivity index (χ3n) is 3.01. The molecule has 20 heavy (non-hydrogen) atoms. The Bertz CT molecular complexity index is 658. The second kappa shape index (κ2) is 5.45. The van der Waals surface area contributed by atoms with Crippen LogP contribution in [0.25, 0.3) is 0 Å². The highest BCUT2D eigenvalue weighted by atomic mass is 35.5. The first-order valence-electron chi connectivity index (χ1n) is 5.52. The van der Waals surface area contributed by atoms with Crippen molar-refractivity contribution in [1.29, 1.82) is 0 Å². The lowest BCUT2D eigenvalue weighted by Crippen LogP contribution is -2.51. The number of hydrogen-bond acceptors (Lipinski definition) is 5. The van der Waals surface area contributed by atoms with Crippen molar-refractivity contribution in [2.75, 3.05) is 19.7 Å². The minimum Gasteiger partial charge on any atom is -0.396 e. The van der Waals surface area contributed by atoms with Crippen molar-refractivity contribution in [3.8, 4) is 0 Å². The number of hydrogen-bond donors (Lipinski definition) is 1. The molecule has 10 heteroatoms. The van der Waals surface area contributed by atoms with Gasteiger partial charge in [0.15, 0.2) is 0 Å². The van der Waals surface area contributed by atoms with Gasteiger partial charge in [0.05, 0.1) is 4.92 Å². The molecule has 0 bridgehead atoms. The summed E-state index contributed by atoms with van der Waals surface area (Å²) in [6.45, 7) is 0.206. The molecule has 1 saturated heterocycles. The van der Waals surface area contributed by atoms with Gasteiger partial charge < -0.3 is 5.11 Å². The number of aliphatic hydroxyl groups excluding tert-OH is 1. The van der Waals surface area contributed by atoms with Crippen LogP contribution in [0.4, 0.5) is 5.69 Å². The molecule has 0 radical (unpaired) electrons. The summed E-state index contributed by atoms with van der Waals surface area (Å²) in [4.78, 5) is 9.69. The molecule has 1 aliphatic rings. The third-order valence-corrected chi connectivity index (χ3v) is 5.69. The van der Waals surface area contributed by atoms with E-state index in [1.807, 2.05) is 0 Å². The van der Waals surface area contributed by atoms with Gasteiger partial charge in [-0.1, -0.05) is 23.2 Å². The van der Waals surface area contributed by atoms with Crippen LogP contribution in [0.15, 0.2) is 17.0 Å². The smallest absolute Gasteiger partial charge is 0.307 e. The van der Waals surface area contributed by atoms with Gasteiger partial charge in [-0.3, -0.25) is 10.1 Å². The summed E-state index contributed by atoms with van der Waals surface area (Å²) in [6.07, 6.45) is 0. The van der Waals surface area contributed by atoms with Crippen LogP contribution in [0.3, 0.4) is 0 Å². The summed E-state index contributed by atoms with van der Waals surface area (Å²) in [7, 11) is -3.92. The summed E-state index contributed by atoms with van der Waals surface area (Å²) in [5.74, 6) is -0.120. The Balaban J connectivity index is 2.44. The summed E-state index contributed by atoms with van der Waals surface area (Å²) in [5, 5.41) is 19.0. The number of rotatable bonds is 4. The number of nitro groups is 1. The SMILES string of the molecule is O=[N+]([O-])c1c(Cl)ccc(S(=O)(=O)N2CC(CO)C2)c1Cl. The molecule has 0 amide bonds. The first-order chi connectivity index (χ1) is 9.28. The van der Waals surface area contributed by atoms with Gasteiger partial charge in [0.2, 0.25) is 10.0 Å². The Hall–Kier alpha value is -0.930. The standard InChI is InChI=1S/C10H10Cl2N2O5S/c11-7-1-2-8(9(12)10(7)14(16)17)20(18,19)13-3-6(4-13)5-15/h1-2,6,15H,3-5H2. The zero-order valence-corrected chi connectivity index (χ0v) is 12.3. The fourth-order valence-electron chi connectivity index (χ4n) is 1.86. The zero-order valence-electron chi connectivity index (χ0n) is 9.99. The van der Waals surface area contributed by atoms with Gasteiger partial charge in [-0.05, 0) is 12.1 Å². The largest absolute Gasteiger partial charge is 0.396 e. The van der Waals surface area contributed by atoms with E-state index in [-0.39, 0.29) is 35.5 Å². The molecule has 1 aromatic rings. The van der Waals surface area contributed by atoms with Crippen molar-refractivity contribution in [2.45, 2.75) is 4.90 Å². The van der Waals surface area contributed by atoms with Crippen molar-refractivity contribution >= 4 is 38.9 Å². The van der Waals surface area contributed by atoms with Crippen LogP contribution in [0.5, 0.6) is 0 Å². The van der Waals surface area contributed by atoms with Gasteiger partial charge in [0.1, 0.15) is 14.9 Å². The topological polar surface area (TPSA) is 101 Å². The highest BCUT2D eigenvalue weighted by Gasteiger charge is 2.39. The highest BCUT2D eigenvalue weighted by Crippen LogP contribution is 2.39. The van der Waals surface area contributed by atoms with Crippen molar-refractivity contribution in [2.24, 2.45) is 5.92 Å². The molecule has 0 unspecified atom stereocenters. The van der Waals surface area contributed by atoms with Crippen molar-refractivity contribution in [3.63, 3.8) is 0 Å². The monoisotopic (exact) mass is 340 g/mol. The molecule has 0 atom stereocenters. The quantitative estimate of drug-likeness (QED) is 0.661. The van der Waals surface area contributed by atoms with Crippen LogP contribution in [0.1, 0.15) is 0 Å². The minimum absolute atomic E-state index is 0.111. The van der Waals surface area contributed by atoms with Crippen LogP contribution in [0, 0.1) is 16.0 Å². The first kappa shape index (κ1) is 15.5. The summed E-state index contributed by atoms with van der Waals surface area (Å²) in [5.41, 5.74) is -0.631. The van der Waals surface area contributed by atoms with Gasteiger partial charge in [0.25, 0.3) is 0 Å². The van der Waals surface area contributed by atoms with Gasteiger partial charge in [-0.25, -0.2) is 8.42 Å². The number of aliphatic hydroxyl groups is 1. The molecular formula is C10H10Cl2N2O5S. The van der Waals surface area contributed by atoms with E-state index in [0.29, 0.717) is 0 Å². The van der Waals surface area contributed by atoms with Crippen LogP contribution in [-0.4, -0.2) is 42.4 Å². The Morgan fingerprint density at radius 3 is 2.50 bits per heavy atom. The molecule has 0 spiro atoms. The lowest BCUT2D eigenvalue weighted by atomic mass is 10.1. The Morgan fingerprint density at radius 2 is 2.00 bits per heavy atom. The Morgan fingerprint density at radius 1 is 1.40 bits per heavy atom. The molecule has 0 aliphatic carbocycles. The van der Waals surface area contributed by atoms with E-state index in [1.54, 1.807) is 0 Å². The van der Waals surface area contributed by atoms with E-state index in [9.17, 15) is 18.5 Å². The first-order valence-corrected chi connectivity index (χ1v) is 7.72. The lowest BCUT2D eigenvalue weighted by molar-refractivity contribution is -0.384. The second-order valence-corrected chi connectivity index (χ2v) is 7.03. The highest BCUT2D eigenvalue weighted by molar-refractivity contribution is 7.89. The lowest BCUT2D eigenvalue weighted by Gasteiger charge is -2.37. The van der Waals surface area contributed by atoms with Crippen LogP contribution in [0.2, 0.25) is 10.0 Å². The summed E-state index contributed by atoms with van der Waals surface area (Å²) >= 11 is 11.5. The van der Waals surface area contributed by atoms with E-state index in [2.05, 4.69) is 0 Å². The summed E-state index contributed by atoms with van der Waals surface area (Å²) < 4.78 is 25.7. The minimum atomic E-state index is -3.92. The number of nitrogens with zero attached hydrogens (tertiary/aromatic N) is 2. The van der Waals surface area contributed by atoms with E-state index < -0.39 is 25.7 Å². The van der Waals surface area contributed by atoms with Gasteiger partial charge in [0, 0.05) is 25.6 Å². The number of nitro benzene ring substituents is 1. The molecule has 1 N–H and O–H groups in total. The molecule has 2 rings (SSSR count). The maximum absolute atomic E-state index is 12.3. The molecule has 0 aromatic heterocycles. The maximum atomic E-state index is 12.3. The molecule has 1 aromatic carbocycles. The van der Waals surface area contributed by atoms with E-state index in [1.165, 1.54) is 0 Å². The number of halogens is 2. The van der Waals surface area contributed by atoms with Gasteiger partial charge in [-0.2, -0.15) is 4.31 Å². The Labute approximate surface area is 124 Å². The average Bonchev–Trinajstić information content (AvgIpc) is 2.25. The van der Waals surface area contributed by atoms with Crippen LogP contribution < -0.4 is 0 Å². The van der Waals surface area contributed by atoms with E-state index in [0.717, 1.165) is 16.4 Å². The normalized spacial score (nSPS) is 16.9. The molecule has 1 aliphatic heterocycles. The van der Waals surface area contributed by atoms with Gasteiger partial charge in [-0.15, -0.1) is 0 Å². The third kappa shape index (κ3) is 2.49. The average molecular weight is 341 g/mol. The number of sulfonamides is 1. The predicted octanol–water partition coefficient (Wildman–Crippen LogP) is 1.51. The molecule has 1 heterocycles. The van der Waals surface area contributed by atoms with Crippen molar-refractivity contribution in [3.05, 3.63) is 32.3 Å². The second-order valence-electron chi connectivity index (χ2n) is 4.34. The molecular weight excluding hydrogens is 331 g/mol. The maximum Gasteiger partial charge on any atom is 0.307 e. The van der Waals surface area contributed by atoms with Crippen LogP contribution >= 0.6 is 23.2 Å². The van der Waals surface area contributed by atoms with Crippen LogP contribution in [-0.2, 0) is 10.0 Å². The predicted molar refractivity (Wildman–Crippen MR) is 72.5 cm³/mol. The Kier molecular flexibility index (Phi) is 4.22. The molecule has 110 valence electrons. The van der Waals surface area contributed by atoms with E-state index in [4.69, 9.17) is 28.3 Å². The van der Waals surface area contributed by atoms with Gasteiger partial charge >= 0.3 is 5.69 Å². The molecule has 0 saturated carbocycles. The molecule has 1 fully saturated rings. The summed E-state index contributed by atoms with van der Waals surface area (Å²) in [6, 6.07) is 2.26.